The first kappa shape index (κ1) is 20.1. The van der Waals surface area contributed by atoms with Gasteiger partial charge in [-0.1, -0.05) is 29.8 Å². The van der Waals surface area contributed by atoms with Crippen LogP contribution in [0.3, 0.4) is 0 Å². The predicted molar refractivity (Wildman–Crippen MR) is 110 cm³/mol. The van der Waals surface area contributed by atoms with E-state index >= 15 is 0 Å². The maximum Gasteiger partial charge on any atom is 0.240 e. The summed E-state index contributed by atoms with van der Waals surface area (Å²) in [4.78, 5) is 3.69. The summed E-state index contributed by atoms with van der Waals surface area (Å²) in [6.07, 6.45) is 2.37. The molecule has 0 amide bonds. The second kappa shape index (κ2) is 8.61. The van der Waals surface area contributed by atoms with Gasteiger partial charge in [0.1, 0.15) is 6.04 Å². The van der Waals surface area contributed by atoms with E-state index in [4.69, 9.17) is 11.6 Å². The number of benzene rings is 2. The SMILES string of the molecule is CN(C)c1ccc([C@H](CNS(=O)(=O)c2cccc(Cl)c2)[NH+]2CCCC2)cc1. The van der Waals surface area contributed by atoms with Crippen molar-refractivity contribution in [3.63, 3.8) is 0 Å². The van der Waals surface area contributed by atoms with Crippen LogP contribution in [0.25, 0.3) is 0 Å². The third-order valence-corrected chi connectivity index (χ3v) is 6.79. The van der Waals surface area contributed by atoms with E-state index in [-0.39, 0.29) is 10.9 Å². The molecule has 7 heteroatoms. The molecule has 1 atom stereocenters. The summed E-state index contributed by atoms with van der Waals surface area (Å²) in [6, 6.07) is 14.9. The fraction of sp³-hybridized carbons (Fsp3) is 0.400. The Hall–Kier alpha value is -1.60. The number of hydrogen-bond acceptors (Lipinski definition) is 3. The number of halogens is 1. The second-order valence-corrected chi connectivity index (χ2v) is 9.42. The summed E-state index contributed by atoms with van der Waals surface area (Å²) in [6.45, 7) is 2.50. The Morgan fingerprint density at radius 1 is 1.11 bits per heavy atom. The number of nitrogens with zero attached hydrogens (tertiary/aromatic N) is 1. The van der Waals surface area contributed by atoms with Crippen LogP contribution in [0, 0.1) is 0 Å². The number of anilines is 1. The van der Waals surface area contributed by atoms with Crippen molar-refractivity contribution in [3.05, 3.63) is 59.1 Å². The quantitative estimate of drug-likeness (QED) is 0.737. The molecule has 0 saturated carbocycles. The van der Waals surface area contributed by atoms with Crippen LogP contribution < -0.4 is 14.5 Å². The van der Waals surface area contributed by atoms with Crippen molar-refractivity contribution in [1.29, 1.82) is 0 Å². The predicted octanol–water partition coefficient (Wildman–Crippen LogP) is 2.10. The lowest BCUT2D eigenvalue weighted by molar-refractivity contribution is -0.918. The van der Waals surface area contributed by atoms with Crippen molar-refractivity contribution in [1.82, 2.24) is 4.72 Å². The highest BCUT2D eigenvalue weighted by Crippen LogP contribution is 2.19. The zero-order valence-electron chi connectivity index (χ0n) is 15.8. The molecule has 2 aromatic rings. The first-order valence-corrected chi connectivity index (χ1v) is 11.1. The van der Waals surface area contributed by atoms with Crippen LogP contribution in [0.5, 0.6) is 0 Å². The highest BCUT2D eigenvalue weighted by molar-refractivity contribution is 7.89. The molecular weight excluding hydrogens is 382 g/mol. The number of hydrogen-bond donors (Lipinski definition) is 2. The molecule has 2 aromatic carbocycles. The van der Waals surface area contributed by atoms with E-state index in [0.717, 1.165) is 24.3 Å². The summed E-state index contributed by atoms with van der Waals surface area (Å²) >= 11 is 5.95. The van der Waals surface area contributed by atoms with Crippen molar-refractivity contribution >= 4 is 27.3 Å². The van der Waals surface area contributed by atoms with Crippen LogP contribution in [-0.2, 0) is 10.0 Å². The topological polar surface area (TPSA) is 53.9 Å². The molecule has 0 bridgehead atoms. The van der Waals surface area contributed by atoms with Gasteiger partial charge in [0.05, 0.1) is 24.5 Å². The van der Waals surface area contributed by atoms with Crippen molar-refractivity contribution in [3.8, 4) is 0 Å². The Bertz CT molecular complexity index is 863. The summed E-state index contributed by atoms with van der Waals surface area (Å²) in [5.74, 6) is 0. The van der Waals surface area contributed by atoms with Crippen molar-refractivity contribution in [2.75, 3.05) is 38.6 Å². The van der Waals surface area contributed by atoms with Gasteiger partial charge in [0.2, 0.25) is 10.0 Å². The van der Waals surface area contributed by atoms with Gasteiger partial charge in [-0.25, -0.2) is 13.1 Å². The van der Waals surface area contributed by atoms with E-state index < -0.39 is 10.0 Å². The molecule has 0 radical (unpaired) electrons. The van der Waals surface area contributed by atoms with Crippen LogP contribution in [-0.4, -0.2) is 42.1 Å². The van der Waals surface area contributed by atoms with Gasteiger partial charge in [0.25, 0.3) is 0 Å². The van der Waals surface area contributed by atoms with Crippen molar-refractivity contribution in [2.24, 2.45) is 0 Å². The van der Waals surface area contributed by atoms with Crippen LogP contribution in [0.1, 0.15) is 24.4 Å². The third kappa shape index (κ3) is 5.02. The third-order valence-electron chi connectivity index (χ3n) is 5.13. The zero-order valence-corrected chi connectivity index (χ0v) is 17.4. The van der Waals surface area contributed by atoms with Crippen LogP contribution in [0.2, 0.25) is 5.02 Å². The monoisotopic (exact) mass is 408 g/mol. The average molecular weight is 409 g/mol. The smallest absolute Gasteiger partial charge is 0.240 e. The largest absolute Gasteiger partial charge is 0.378 e. The number of nitrogens with one attached hydrogen (secondary N) is 2. The number of sulfonamides is 1. The number of quaternary nitrogens is 1. The van der Waals surface area contributed by atoms with Gasteiger partial charge in [-0.05, 0) is 30.3 Å². The molecule has 1 saturated heterocycles. The Kier molecular flexibility index (Phi) is 6.42. The second-order valence-electron chi connectivity index (χ2n) is 7.21. The minimum absolute atomic E-state index is 0.0951. The summed E-state index contributed by atoms with van der Waals surface area (Å²) in [7, 11) is 0.429. The van der Waals surface area contributed by atoms with Crippen LogP contribution in [0.4, 0.5) is 5.69 Å². The lowest BCUT2D eigenvalue weighted by Gasteiger charge is -2.26. The van der Waals surface area contributed by atoms with Crippen molar-refractivity contribution in [2.45, 2.75) is 23.8 Å². The minimum Gasteiger partial charge on any atom is -0.378 e. The molecule has 3 rings (SSSR count). The molecule has 5 nitrogen and oxygen atoms in total. The molecule has 2 N–H and O–H groups in total. The Labute approximate surface area is 167 Å². The molecular formula is C20H27ClN3O2S+. The highest BCUT2D eigenvalue weighted by atomic mass is 35.5. The standard InChI is InChI=1S/C20H26ClN3O2S/c1-23(2)18-10-8-16(9-11-18)20(24-12-3-4-13-24)15-22-27(25,26)19-7-5-6-17(21)14-19/h5-11,14,20,22H,3-4,12-13,15H2,1-2H3/p+1/t20-/m0/s1. The average Bonchev–Trinajstić information content (AvgIpc) is 3.16. The van der Waals surface area contributed by atoms with E-state index in [1.807, 2.05) is 14.1 Å². The number of rotatable bonds is 7. The van der Waals surface area contributed by atoms with Gasteiger partial charge >= 0.3 is 0 Å². The van der Waals surface area contributed by atoms with Crippen LogP contribution >= 0.6 is 11.6 Å². The minimum atomic E-state index is -3.59. The van der Waals surface area contributed by atoms with Gasteiger partial charge in [-0.2, -0.15) is 0 Å². The van der Waals surface area contributed by atoms with Gasteiger partial charge < -0.3 is 9.80 Å². The summed E-state index contributed by atoms with van der Waals surface area (Å²) < 4.78 is 28.2. The van der Waals surface area contributed by atoms with Gasteiger partial charge in [0.15, 0.2) is 0 Å². The Balaban J connectivity index is 1.79. The summed E-state index contributed by atoms with van der Waals surface area (Å²) in [5.41, 5.74) is 2.29. The maximum absolute atomic E-state index is 12.7. The molecule has 1 heterocycles. The molecule has 0 unspecified atom stereocenters. The van der Waals surface area contributed by atoms with Crippen molar-refractivity contribution < 1.29 is 13.3 Å². The van der Waals surface area contributed by atoms with E-state index in [1.165, 1.54) is 23.8 Å². The van der Waals surface area contributed by atoms with Crippen LogP contribution in [0.15, 0.2) is 53.4 Å². The molecule has 146 valence electrons. The molecule has 1 aliphatic rings. The molecule has 0 spiro atoms. The first-order valence-electron chi connectivity index (χ1n) is 9.24. The maximum atomic E-state index is 12.7. The Morgan fingerprint density at radius 2 is 1.78 bits per heavy atom. The summed E-state index contributed by atoms with van der Waals surface area (Å²) in [5, 5.41) is 0.416. The van der Waals surface area contributed by atoms with E-state index in [0.29, 0.717) is 11.6 Å². The fourth-order valence-corrected chi connectivity index (χ4v) is 4.94. The number of likely N-dealkylation sites (tertiary alicyclic amines) is 1. The normalized spacial score (nSPS) is 16.4. The van der Waals surface area contributed by atoms with E-state index in [2.05, 4.69) is 33.9 Å². The van der Waals surface area contributed by atoms with Gasteiger partial charge in [0, 0.05) is 43.2 Å². The lowest BCUT2D eigenvalue weighted by Crippen LogP contribution is -3.11. The molecule has 0 aromatic heterocycles. The molecule has 1 fully saturated rings. The lowest BCUT2D eigenvalue weighted by atomic mass is 10.1. The van der Waals surface area contributed by atoms with Gasteiger partial charge in [-0.3, -0.25) is 0 Å². The first-order chi connectivity index (χ1) is 12.9. The highest BCUT2D eigenvalue weighted by Gasteiger charge is 2.29. The van der Waals surface area contributed by atoms with E-state index in [9.17, 15) is 8.42 Å². The molecule has 0 aliphatic carbocycles. The fourth-order valence-electron chi connectivity index (χ4n) is 3.59. The molecule has 27 heavy (non-hydrogen) atoms. The van der Waals surface area contributed by atoms with E-state index in [1.54, 1.807) is 18.2 Å². The zero-order chi connectivity index (χ0) is 19.4. The Morgan fingerprint density at radius 3 is 2.37 bits per heavy atom. The van der Waals surface area contributed by atoms with Gasteiger partial charge in [-0.15, -0.1) is 0 Å². The molecule has 1 aliphatic heterocycles.